The Balaban J connectivity index is 2.38. The molecule has 0 aromatic rings. The average Bonchev–Trinajstić information content (AvgIpc) is 2.01. The average molecular weight is 133 g/mol. The van der Waals surface area contributed by atoms with Crippen LogP contribution in [0.15, 0.2) is 30.4 Å². The van der Waals surface area contributed by atoms with Gasteiger partial charge < -0.3 is 0 Å². The van der Waals surface area contributed by atoms with E-state index in [1.807, 2.05) is 0 Å². The van der Waals surface area contributed by atoms with Crippen LogP contribution in [0.1, 0.15) is 25.7 Å². The lowest BCUT2D eigenvalue weighted by atomic mass is 10.2. The van der Waals surface area contributed by atoms with Crippen LogP contribution in [-0.4, -0.2) is 0 Å². The van der Waals surface area contributed by atoms with Gasteiger partial charge in [-0.2, -0.15) is 0 Å². The summed E-state index contributed by atoms with van der Waals surface area (Å²) in [4.78, 5) is 0. The molecule has 0 N–H and O–H groups in total. The van der Waals surface area contributed by atoms with E-state index in [0.29, 0.717) is 0 Å². The van der Waals surface area contributed by atoms with Crippen molar-refractivity contribution in [3.8, 4) is 0 Å². The van der Waals surface area contributed by atoms with E-state index in [1.165, 1.54) is 6.42 Å². The van der Waals surface area contributed by atoms with Gasteiger partial charge in [-0.25, -0.2) is 0 Å². The van der Waals surface area contributed by atoms with Crippen molar-refractivity contribution >= 4 is 0 Å². The van der Waals surface area contributed by atoms with Crippen molar-refractivity contribution in [1.82, 2.24) is 0 Å². The van der Waals surface area contributed by atoms with Crippen molar-refractivity contribution < 1.29 is 0 Å². The Labute approximate surface area is 62.9 Å². The smallest absolute Gasteiger partial charge is 0.00978 e. The summed E-state index contributed by atoms with van der Waals surface area (Å²) in [6.45, 7) is 0. The molecule has 0 spiro atoms. The Morgan fingerprint density at radius 2 is 1.80 bits per heavy atom. The zero-order chi connectivity index (χ0) is 7.07. The second kappa shape index (κ2) is 5.04. The van der Waals surface area contributed by atoms with E-state index in [9.17, 15) is 0 Å². The molecule has 0 bridgehead atoms. The summed E-state index contributed by atoms with van der Waals surface area (Å²) in [5.41, 5.74) is 0. The second-order valence-corrected chi connectivity index (χ2v) is 2.37. The summed E-state index contributed by atoms with van der Waals surface area (Å²) in [5.74, 6) is 0. The molecule has 1 aliphatic rings. The van der Waals surface area contributed by atoms with Gasteiger partial charge in [0.1, 0.15) is 0 Å². The molecule has 0 saturated carbocycles. The van der Waals surface area contributed by atoms with Crippen molar-refractivity contribution in [2.24, 2.45) is 0 Å². The van der Waals surface area contributed by atoms with Gasteiger partial charge in [-0.05, 0) is 31.8 Å². The maximum absolute atomic E-state index is 3.21. The molecule has 1 aliphatic carbocycles. The van der Waals surface area contributed by atoms with Crippen LogP contribution in [-0.2, 0) is 0 Å². The van der Waals surface area contributed by atoms with E-state index >= 15 is 0 Å². The molecule has 1 rings (SSSR count). The standard InChI is InChI=1S/C10H13/c1-2-4-6-8-10-9-7-5-3-1/h1-2,5,7-8H,3-4,6,9H2/b2-1-,7-5-,10-8?. The highest BCUT2D eigenvalue weighted by Gasteiger charge is 1.79. The molecule has 0 fully saturated rings. The van der Waals surface area contributed by atoms with Gasteiger partial charge in [-0.3, -0.25) is 0 Å². The van der Waals surface area contributed by atoms with E-state index in [4.69, 9.17) is 0 Å². The zero-order valence-corrected chi connectivity index (χ0v) is 6.22. The molecule has 0 unspecified atom stereocenters. The van der Waals surface area contributed by atoms with Crippen molar-refractivity contribution in [3.63, 3.8) is 0 Å². The van der Waals surface area contributed by atoms with Crippen molar-refractivity contribution in [2.75, 3.05) is 0 Å². The third-order valence-corrected chi connectivity index (χ3v) is 1.46. The lowest BCUT2D eigenvalue weighted by Crippen LogP contribution is -1.69. The maximum Gasteiger partial charge on any atom is -0.00978 e. The SMILES string of the molecule is [C]1=C\CC/C=C\C/C=C\C/1. The van der Waals surface area contributed by atoms with Gasteiger partial charge >= 0.3 is 0 Å². The Morgan fingerprint density at radius 3 is 2.80 bits per heavy atom. The van der Waals surface area contributed by atoms with Crippen LogP contribution < -0.4 is 0 Å². The summed E-state index contributed by atoms with van der Waals surface area (Å²) in [6.07, 6.45) is 18.5. The minimum Gasteiger partial charge on any atom is -0.0879 e. The second-order valence-electron chi connectivity index (χ2n) is 2.37. The van der Waals surface area contributed by atoms with Crippen LogP contribution in [0.25, 0.3) is 0 Å². The molecule has 0 heteroatoms. The molecular formula is C10H13. The highest BCUT2D eigenvalue weighted by atomic mass is 13.9. The predicted octanol–water partition coefficient (Wildman–Crippen LogP) is 3.03. The van der Waals surface area contributed by atoms with Gasteiger partial charge in [0, 0.05) is 0 Å². The van der Waals surface area contributed by atoms with Crippen LogP contribution >= 0.6 is 0 Å². The molecule has 0 saturated heterocycles. The zero-order valence-electron chi connectivity index (χ0n) is 6.22. The van der Waals surface area contributed by atoms with Gasteiger partial charge in [-0.15, -0.1) is 0 Å². The quantitative estimate of drug-likeness (QED) is 0.445. The van der Waals surface area contributed by atoms with Crippen molar-refractivity contribution in [3.05, 3.63) is 36.5 Å². The van der Waals surface area contributed by atoms with E-state index in [0.717, 1.165) is 19.3 Å². The number of hydrogen-bond acceptors (Lipinski definition) is 0. The van der Waals surface area contributed by atoms with Crippen LogP contribution in [0.5, 0.6) is 0 Å². The normalized spacial score (nSPS) is 28.8. The first kappa shape index (κ1) is 7.33. The van der Waals surface area contributed by atoms with E-state index in [-0.39, 0.29) is 0 Å². The fourth-order valence-corrected chi connectivity index (χ4v) is 0.905. The maximum atomic E-state index is 3.21. The highest BCUT2D eigenvalue weighted by molar-refractivity contribution is 4.97. The van der Waals surface area contributed by atoms with Gasteiger partial charge in [0.25, 0.3) is 0 Å². The van der Waals surface area contributed by atoms with Gasteiger partial charge in [0.15, 0.2) is 0 Å². The summed E-state index contributed by atoms with van der Waals surface area (Å²) >= 11 is 0. The molecule has 53 valence electrons. The topological polar surface area (TPSA) is 0 Å². The largest absolute Gasteiger partial charge is 0.0879 e. The fraction of sp³-hybridized carbons (Fsp3) is 0.400. The third kappa shape index (κ3) is 3.29. The Kier molecular flexibility index (Phi) is 3.69. The summed E-state index contributed by atoms with van der Waals surface area (Å²) in [6, 6.07) is 0. The van der Waals surface area contributed by atoms with Crippen LogP contribution in [0.3, 0.4) is 0 Å². The Hall–Kier alpha value is -0.780. The Bertz CT molecular complexity index is 131. The molecule has 0 aromatic heterocycles. The molecule has 0 aromatic carbocycles. The molecule has 0 nitrogen and oxygen atoms in total. The van der Waals surface area contributed by atoms with Crippen LogP contribution in [0.4, 0.5) is 0 Å². The van der Waals surface area contributed by atoms with E-state index < -0.39 is 0 Å². The molecular weight excluding hydrogens is 120 g/mol. The third-order valence-electron chi connectivity index (χ3n) is 1.46. The Morgan fingerprint density at radius 1 is 0.900 bits per heavy atom. The molecule has 10 heavy (non-hydrogen) atoms. The monoisotopic (exact) mass is 133 g/mol. The van der Waals surface area contributed by atoms with Gasteiger partial charge in [0.2, 0.25) is 0 Å². The molecule has 0 atom stereocenters. The van der Waals surface area contributed by atoms with E-state index in [1.54, 1.807) is 0 Å². The first-order valence-corrected chi connectivity index (χ1v) is 3.85. The lowest BCUT2D eigenvalue weighted by Gasteiger charge is -1.89. The van der Waals surface area contributed by atoms with Crippen LogP contribution in [0, 0.1) is 6.08 Å². The number of rotatable bonds is 0. The summed E-state index contributed by atoms with van der Waals surface area (Å²) in [5, 5.41) is 0. The summed E-state index contributed by atoms with van der Waals surface area (Å²) < 4.78 is 0. The molecule has 0 amide bonds. The molecule has 0 aliphatic heterocycles. The van der Waals surface area contributed by atoms with Gasteiger partial charge in [0.05, 0.1) is 0 Å². The highest BCUT2D eigenvalue weighted by Crippen LogP contribution is 1.99. The predicted molar refractivity (Wildman–Crippen MR) is 44.6 cm³/mol. The lowest BCUT2D eigenvalue weighted by molar-refractivity contribution is 1.02. The minimum atomic E-state index is 0.980. The number of hydrogen-bond donors (Lipinski definition) is 0. The van der Waals surface area contributed by atoms with Gasteiger partial charge in [-0.1, -0.05) is 30.4 Å². The first-order valence-electron chi connectivity index (χ1n) is 3.85. The molecule has 1 radical (unpaired) electrons. The van der Waals surface area contributed by atoms with Crippen LogP contribution in [0.2, 0.25) is 0 Å². The van der Waals surface area contributed by atoms with Crippen molar-refractivity contribution in [1.29, 1.82) is 0 Å². The number of allylic oxidation sites excluding steroid dienone is 6. The molecule has 0 heterocycles. The van der Waals surface area contributed by atoms with E-state index in [2.05, 4.69) is 36.5 Å². The summed E-state index contributed by atoms with van der Waals surface area (Å²) in [7, 11) is 0. The fourth-order valence-electron chi connectivity index (χ4n) is 0.905. The first-order chi connectivity index (χ1) is 5.00. The van der Waals surface area contributed by atoms with Crippen molar-refractivity contribution in [2.45, 2.75) is 25.7 Å². The minimum absolute atomic E-state index is 0.980.